The quantitative estimate of drug-likeness (QED) is 0.877. The molecule has 0 spiro atoms. The van der Waals surface area contributed by atoms with Crippen molar-refractivity contribution in [1.29, 1.82) is 0 Å². The molecule has 1 unspecified atom stereocenters. The molecule has 1 aliphatic carbocycles. The number of hydrogen-bond donors (Lipinski definition) is 2. The van der Waals surface area contributed by atoms with Gasteiger partial charge in [0.25, 0.3) is 0 Å². The summed E-state index contributed by atoms with van der Waals surface area (Å²) in [7, 11) is 0. The number of amides is 2. The van der Waals surface area contributed by atoms with E-state index < -0.39 is 6.04 Å². The molecule has 1 aromatic rings. The fourth-order valence-electron chi connectivity index (χ4n) is 3.34. The van der Waals surface area contributed by atoms with Gasteiger partial charge in [-0.1, -0.05) is 44.2 Å². The van der Waals surface area contributed by atoms with Crippen molar-refractivity contribution in [3.05, 3.63) is 35.9 Å². The van der Waals surface area contributed by atoms with E-state index in [0.29, 0.717) is 5.92 Å². The minimum Gasteiger partial charge on any atom is -0.352 e. The SMILES string of the molecule is CC(=O)NC(C(=O)NC1CCC(c2ccccc2)CC1)C(C)C. The largest absolute Gasteiger partial charge is 0.352 e. The molecule has 1 saturated carbocycles. The van der Waals surface area contributed by atoms with E-state index in [0.717, 1.165) is 25.7 Å². The molecule has 0 bridgehead atoms. The van der Waals surface area contributed by atoms with Crippen molar-refractivity contribution in [3.8, 4) is 0 Å². The molecule has 4 nitrogen and oxygen atoms in total. The van der Waals surface area contributed by atoms with E-state index in [1.165, 1.54) is 12.5 Å². The maximum atomic E-state index is 12.4. The van der Waals surface area contributed by atoms with Crippen LogP contribution >= 0.6 is 0 Å². The van der Waals surface area contributed by atoms with E-state index >= 15 is 0 Å². The lowest BCUT2D eigenvalue weighted by molar-refractivity contribution is -0.129. The van der Waals surface area contributed by atoms with Gasteiger partial charge in [0, 0.05) is 13.0 Å². The van der Waals surface area contributed by atoms with Crippen LogP contribution in [0.2, 0.25) is 0 Å². The third-order valence-corrected chi connectivity index (χ3v) is 4.65. The summed E-state index contributed by atoms with van der Waals surface area (Å²) < 4.78 is 0. The second-order valence-corrected chi connectivity index (χ2v) is 6.89. The summed E-state index contributed by atoms with van der Waals surface area (Å²) in [6.07, 6.45) is 4.19. The van der Waals surface area contributed by atoms with Crippen molar-refractivity contribution in [1.82, 2.24) is 10.6 Å². The summed E-state index contributed by atoms with van der Waals surface area (Å²) in [5, 5.41) is 5.88. The normalized spacial score (nSPS) is 22.4. The first kappa shape index (κ1) is 17.5. The first-order valence-corrected chi connectivity index (χ1v) is 8.59. The molecule has 0 heterocycles. The van der Waals surface area contributed by atoms with Crippen LogP contribution in [0.15, 0.2) is 30.3 Å². The molecule has 0 saturated heterocycles. The van der Waals surface area contributed by atoms with Crippen LogP contribution < -0.4 is 10.6 Å². The van der Waals surface area contributed by atoms with Gasteiger partial charge in [0.15, 0.2) is 0 Å². The van der Waals surface area contributed by atoms with Crippen molar-refractivity contribution in [2.24, 2.45) is 5.92 Å². The standard InChI is InChI=1S/C19H28N2O2/c1-13(2)18(20-14(3)22)19(23)21-17-11-9-16(10-12-17)15-7-5-4-6-8-15/h4-8,13,16-18H,9-12H2,1-3H3,(H,20,22)(H,21,23). The van der Waals surface area contributed by atoms with Crippen molar-refractivity contribution in [3.63, 3.8) is 0 Å². The molecule has 2 amide bonds. The molecule has 2 N–H and O–H groups in total. The van der Waals surface area contributed by atoms with Crippen molar-refractivity contribution in [2.45, 2.75) is 64.5 Å². The van der Waals surface area contributed by atoms with Crippen LogP contribution in [-0.4, -0.2) is 23.9 Å². The lowest BCUT2D eigenvalue weighted by atomic mass is 9.81. The highest BCUT2D eigenvalue weighted by molar-refractivity contribution is 5.87. The first-order chi connectivity index (χ1) is 11.0. The molecular formula is C19H28N2O2. The summed E-state index contributed by atoms with van der Waals surface area (Å²) in [6.45, 7) is 5.35. The third kappa shape index (κ3) is 5.08. The zero-order valence-electron chi connectivity index (χ0n) is 14.3. The predicted octanol–water partition coefficient (Wildman–Crippen LogP) is 2.99. The van der Waals surface area contributed by atoms with Crippen LogP contribution in [0.1, 0.15) is 57.9 Å². The molecule has 0 aliphatic heterocycles. The van der Waals surface area contributed by atoms with Crippen LogP contribution in [0.5, 0.6) is 0 Å². The highest BCUT2D eigenvalue weighted by Crippen LogP contribution is 2.32. The van der Waals surface area contributed by atoms with E-state index in [9.17, 15) is 9.59 Å². The van der Waals surface area contributed by atoms with Gasteiger partial charge in [0.2, 0.25) is 11.8 Å². The Hall–Kier alpha value is -1.84. The van der Waals surface area contributed by atoms with Gasteiger partial charge in [0.1, 0.15) is 6.04 Å². The van der Waals surface area contributed by atoms with Crippen LogP contribution in [0.3, 0.4) is 0 Å². The molecule has 0 radical (unpaired) electrons. The fraction of sp³-hybridized carbons (Fsp3) is 0.579. The van der Waals surface area contributed by atoms with Gasteiger partial charge in [-0.2, -0.15) is 0 Å². The monoisotopic (exact) mass is 316 g/mol. The van der Waals surface area contributed by atoms with Gasteiger partial charge in [-0.3, -0.25) is 9.59 Å². The number of nitrogens with one attached hydrogen (secondary N) is 2. The lowest BCUT2D eigenvalue weighted by Crippen LogP contribution is -2.52. The third-order valence-electron chi connectivity index (χ3n) is 4.65. The van der Waals surface area contributed by atoms with E-state index in [4.69, 9.17) is 0 Å². The van der Waals surface area contributed by atoms with Gasteiger partial charge >= 0.3 is 0 Å². The topological polar surface area (TPSA) is 58.2 Å². The molecule has 23 heavy (non-hydrogen) atoms. The van der Waals surface area contributed by atoms with Crippen LogP contribution in [0.4, 0.5) is 0 Å². The number of hydrogen-bond acceptors (Lipinski definition) is 2. The maximum Gasteiger partial charge on any atom is 0.243 e. The molecule has 1 aromatic carbocycles. The van der Waals surface area contributed by atoms with Gasteiger partial charge in [0.05, 0.1) is 0 Å². The number of rotatable bonds is 5. The van der Waals surface area contributed by atoms with Crippen molar-refractivity contribution >= 4 is 11.8 Å². The van der Waals surface area contributed by atoms with Gasteiger partial charge in [-0.25, -0.2) is 0 Å². The summed E-state index contributed by atoms with van der Waals surface area (Å²) in [5.74, 6) is 0.463. The molecule has 4 heteroatoms. The van der Waals surface area contributed by atoms with Crippen LogP contribution in [0.25, 0.3) is 0 Å². The number of benzene rings is 1. The van der Waals surface area contributed by atoms with Gasteiger partial charge < -0.3 is 10.6 Å². The Morgan fingerprint density at radius 2 is 1.65 bits per heavy atom. The molecular weight excluding hydrogens is 288 g/mol. The average Bonchev–Trinajstić information content (AvgIpc) is 2.53. The van der Waals surface area contributed by atoms with Crippen molar-refractivity contribution < 1.29 is 9.59 Å². The molecule has 0 aromatic heterocycles. The highest BCUT2D eigenvalue weighted by atomic mass is 16.2. The fourth-order valence-corrected chi connectivity index (χ4v) is 3.34. The zero-order chi connectivity index (χ0) is 16.8. The highest BCUT2D eigenvalue weighted by Gasteiger charge is 2.28. The Morgan fingerprint density at radius 1 is 1.04 bits per heavy atom. The first-order valence-electron chi connectivity index (χ1n) is 8.59. The number of carbonyl (C=O) groups is 2. The van der Waals surface area contributed by atoms with Gasteiger partial charge in [-0.15, -0.1) is 0 Å². The van der Waals surface area contributed by atoms with Crippen LogP contribution in [-0.2, 0) is 9.59 Å². The summed E-state index contributed by atoms with van der Waals surface area (Å²) >= 11 is 0. The number of carbonyl (C=O) groups excluding carboxylic acids is 2. The summed E-state index contributed by atoms with van der Waals surface area (Å²) in [4.78, 5) is 23.7. The predicted molar refractivity (Wildman–Crippen MR) is 92.0 cm³/mol. The molecule has 2 rings (SSSR count). The van der Waals surface area contributed by atoms with Crippen molar-refractivity contribution in [2.75, 3.05) is 0 Å². The Morgan fingerprint density at radius 3 is 2.17 bits per heavy atom. The minimum absolute atomic E-state index is 0.0571. The summed E-state index contributed by atoms with van der Waals surface area (Å²) in [6, 6.07) is 10.4. The van der Waals surface area contributed by atoms with E-state index in [1.54, 1.807) is 0 Å². The van der Waals surface area contributed by atoms with E-state index in [2.05, 4.69) is 34.9 Å². The molecule has 1 aliphatic rings. The van der Waals surface area contributed by atoms with E-state index in [1.807, 2.05) is 19.9 Å². The Bertz CT molecular complexity index is 519. The second-order valence-electron chi connectivity index (χ2n) is 6.89. The Labute approximate surface area is 139 Å². The molecule has 126 valence electrons. The second kappa shape index (κ2) is 8.14. The lowest BCUT2D eigenvalue weighted by Gasteiger charge is -2.31. The average molecular weight is 316 g/mol. The molecule has 1 atom stereocenters. The van der Waals surface area contributed by atoms with Gasteiger partial charge in [-0.05, 0) is 43.1 Å². The van der Waals surface area contributed by atoms with E-state index in [-0.39, 0.29) is 23.8 Å². The smallest absolute Gasteiger partial charge is 0.243 e. The maximum absolute atomic E-state index is 12.4. The minimum atomic E-state index is -0.445. The Kier molecular flexibility index (Phi) is 6.20. The molecule has 1 fully saturated rings. The summed E-state index contributed by atoms with van der Waals surface area (Å²) in [5.41, 5.74) is 1.40. The zero-order valence-corrected chi connectivity index (χ0v) is 14.3. The Balaban J connectivity index is 1.85. The van der Waals surface area contributed by atoms with Crippen LogP contribution in [0, 0.1) is 5.92 Å².